The average Bonchev–Trinajstić information content (AvgIpc) is 2.66. The second-order valence-electron chi connectivity index (χ2n) is 2.82. The van der Waals surface area contributed by atoms with Gasteiger partial charge in [0.05, 0.1) is 7.11 Å². The van der Waals surface area contributed by atoms with E-state index in [4.69, 9.17) is 5.73 Å². The minimum Gasteiger partial charge on any atom is -0.464 e. The Hall–Kier alpha value is -1.55. The molecule has 0 saturated carbocycles. The Labute approximate surface area is 82.8 Å². The predicted octanol–water partition coefficient (Wildman–Crippen LogP) is 1.16. The van der Waals surface area contributed by atoms with Crippen molar-refractivity contribution in [3.05, 3.63) is 29.6 Å². The molecule has 1 aromatic rings. The van der Waals surface area contributed by atoms with Gasteiger partial charge in [0.1, 0.15) is 5.69 Å². The molecule has 1 rings (SSSR count). The van der Waals surface area contributed by atoms with Crippen molar-refractivity contribution in [3.63, 3.8) is 0 Å². The lowest BCUT2D eigenvalue weighted by molar-refractivity contribution is 0.0595. The lowest BCUT2D eigenvalue weighted by Gasteiger charge is -1.91. The van der Waals surface area contributed by atoms with Crippen LogP contribution in [0.5, 0.6) is 0 Å². The molecule has 0 aliphatic rings. The SMILES string of the molecule is COC(=O)c1cc(C=CCCN)c[nH]1. The minimum atomic E-state index is -0.358. The Morgan fingerprint density at radius 2 is 2.50 bits per heavy atom. The Bertz CT molecular complexity index is 329. The molecule has 4 heteroatoms. The van der Waals surface area contributed by atoms with Crippen molar-refractivity contribution in [2.45, 2.75) is 6.42 Å². The number of aromatic amines is 1. The highest BCUT2D eigenvalue weighted by molar-refractivity contribution is 5.88. The first-order chi connectivity index (χ1) is 6.77. The summed E-state index contributed by atoms with van der Waals surface area (Å²) >= 11 is 0. The fraction of sp³-hybridized carbons (Fsp3) is 0.300. The Balaban J connectivity index is 2.63. The van der Waals surface area contributed by atoms with E-state index >= 15 is 0 Å². The fourth-order valence-corrected chi connectivity index (χ4v) is 1.05. The number of hydrogen-bond donors (Lipinski definition) is 2. The van der Waals surface area contributed by atoms with Crippen LogP contribution < -0.4 is 5.73 Å². The molecule has 0 aliphatic heterocycles. The molecule has 3 N–H and O–H groups in total. The van der Waals surface area contributed by atoms with Gasteiger partial charge in [-0.25, -0.2) is 4.79 Å². The Morgan fingerprint density at radius 1 is 1.71 bits per heavy atom. The molecule has 0 fully saturated rings. The zero-order chi connectivity index (χ0) is 10.4. The quantitative estimate of drug-likeness (QED) is 0.707. The summed E-state index contributed by atoms with van der Waals surface area (Å²) in [4.78, 5) is 13.9. The molecule has 76 valence electrons. The number of aromatic nitrogens is 1. The van der Waals surface area contributed by atoms with Crippen LogP contribution in [0.2, 0.25) is 0 Å². The van der Waals surface area contributed by atoms with Crippen LogP contribution in [0.15, 0.2) is 18.3 Å². The molecule has 0 radical (unpaired) electrons. The van der Waals surface area contributed by atoms with E-state index in [1.54, 1.807) is 12.3 Å². The minimum absolute atomic E-state index is 0.358. The molecule has 0 bridgehead atoms. The predicted molar refractivity (Wildman–Crippen MR) is 54.8 cm³/mol. The molecule has 1 aromatic heterocycles. The maximum absolute atomic E-state index is 11.1. The van der Waals surface area contributed by atoms with Crippen molar-refractivity contribution in [2.24, 2.45) is 5.73 Å². The van der Waals surface area contributed by atoms with E-state index in [9.17, 15) is 4.79 Å². The van der Waals surface area contributed by atoms with Crippen molar-refractivity contribution in [1.29, 1.82) is 0 Å². The summed E-state index contributed by atoms with van der Waals surface area (Å²) < 4.78 is 4.56. The van der Waals surface area contributed by atoms with Crippen molar-refractivity contribution in [3.8, 4) is 0 Å². The molecule has 0 saturated heterocycles. The van der Waals surface area contributed by atoms with Gasteiger partial charge in [-0.05, 0) is 24.6 Å². The summed E-state index contributed by atoms with van der Waals surface area (Å²) in [6.45, 7) is 0.630. The smallest absolute Gasteiger partial charge is 0.354 e. The third-order valence-electron chi connectivity index (χ3n) is 1.75. The molecular formula is C10H14N2O2. The number of hydrogen-bond acceptors (Lipinski definition) is 3. The molecule has 0 atom stereocenters. The van der Waals surface area contributed by atoms with Crippen molar-refractivity contribution >= 4 is 12.0 Å². The van der Waals surface area contributed by atoms with Crippen LogP contribution in [-0.2, 0) is 4.74 Å². The summed E-state index contributed by atoms with van der Waals surface area (Å²) in [5.74, 6) is -0.358. The number of nitrogens with one attached hydrogen (secondary N) is 1. The monoisotopic (exact) mass is 194 g/mol. The molecule has 0 aromatic carbocycles. The van der Waals surface area contributed by atoms with Crippen LogP contribution in [0.25, 0.3) is 6.08 Å². The molecular weight excluding hydrogens is 180 g/mol. The molecule has 0 aliphatic carbocycles. The van der Waals surface area contributed by atoms with Gasteiger partial charge < -0.3 is 15.5 Å². The molecule has 0 spiro atoms. The number of ether oxygens (including phenoxy) is 1. The van der Waals surface area contributed by atoms with E-state index < -0.39 is 0 Å². The number of carbonyl (C=O) groups is 1. The number of rotatable bonds is 4. The van der Waals surface area contributed by atoms with Gasteiger partial charge in [-0.15, -0.1) is 0 Å². The zero-order valence-corrected chi connectivity index (χ0v) is 8.12. The third kappa shape index (κ3) is 2.74. The van der Waals surface area contributed by atoms with Crippen LogP contribution in [0.1, 0.15) is 22.5 Å². The number of carbonyl (C=O) groups excluding carboxylic acids is 1. The first kappa shape index (κ1) is 10.5. The van der Waals surface area contributed by atoms with E-state index in [0.29, 0.717) is 12.2 Å². The largest absolute Gasteiger partial charge is 0.464 e. The van der Waals surface area contributed by atoms with Gasteiger partial charge in [-0.2, -0.15) is 0 Å². The molecule has 0 amide bonds. The van der Waals surface area contributed by atoms with Crippen molar-refractivity contribution < 1.29 is 9.53 Å². The van der Waals surface area contributed by atoms with Gasteiger partial charge in [0.15, 0.2) is 0 Å². The lowest BCUT2D eigenvalue weighted by Crippen LogP contribution is -2.00. The summed E-state index contributed by atoms with van der Waals surface area (Å²) in [5, 5.41) is 0. The van der Waals surface area contributed by atoms with E-state index in [0.717, 1.165) is 12.0 Å². The van der Waals surface area contributed by atoms with Gasteiger partial charge in [-0.3, -0.25) is 0 Å². The number of H-pyrrole nitrogens is 1. The molecule has 4 nitrogen and oxygen atoms in total. The second kappa shape index (κ2) is 5.24. The zero-order valence-electron chi connectivity index (χ0n) is 8.12. The number of methoxy groups -OCH3 is 1. The van der Waals surface area contributed by atoms with E-state index in [-0.39, 0.29) is 5.97 Å². The van der Waals surface area contributed by atoms with Gasteiger partial charge in [0.2, 0.25) is 0 Å². The summed E-state index contributed by atoms with van der Waals surface area (Å²) in [6.07, 6.45) is 6.46. The fourth-order valence-electron chi connectivity index (χ4n) is 1.05. The normalized spacial score (nSPS) is 10.7. The Morgan fingerprint density at radius 3 is 3.14 bits per heavy atom. The Kier molecular flexibility index (Phi) is 3.94. The molecule has 1 heterocycles. The molecule has 14 heavy (non-hydrogen) atoms. The van der Waals surface area contributed by atoms with Crippen LogP contribution in [0.3, 0.4) is 0 Å². The van der Waals surface area contributed by atoms with E-state index in [1.807, 2.05) is 12.2 Å². The average molecular weight is 194 g/mol. The number of nitrogens with two attached hydrogens (primary N) is 1. The lowest BCUT2D eigenvalue weighted by atomic mass is 10.2. The highest BCUT2D eigenvalue weighted by atomic mass is 16.5. The second-order valence-corrected chi connectivity index (χ2v) is 2.82. The van der Waals surface area contributed by atoms with Gasteiger partial charge in [0.25, 0.3) is 0 Å². The van der Waals surface area contributed by atoms with Gasteiger partial charge in [0, 0.05) is 6.20 Å². The molecule has 0 unspecified atom stereocenters. The first-order valence-electron chi connectivity index (χ1n) is 4.41. The third-order valence-corrected chi connectivity index (χ3v) is 1.75. The number of esters is 1. The summed E-state index contributed by atoms with van der Waals surface area (Å²) in [6, 6.07) is 1.73. The van der Waals surface area contributed by atoms with Crippen molar-refractivity contribution in [1.82, 2.24) is 4.98 Å². The van der Waals surface area contributed by atoms with Crippen LogP contribution >= 0.6 is 0 Å². The summed E-state index contributed by atoms with van der Waals surface area (Å²) in [7, 11) is 1.35. The van der Waals surface area contributed by atoms with E-state index in [1.165, 1.54) is 7.11 Å². The summed E-state index contributed by atoms with van der Waals surface area (Å²) in [5.41, 5.74) is 6.74. The van der Waals surface area contributed by atoms with Gasteiger partial charge in [-0.1, -0.05) is 12.2 Å². The highest BCUT2D eigenvalue weighted by Gasteiger charge is 2.05. The van der Waals surface area contributed by atoms with Crippen LogP contribution in [0, 0.1) is 0 Å². The highest BCUT2D eigenvalue weighted by Crippen LogP contribution is 2.06. The topological polar surface area (TPSA) is 68.1 Å². The first-order valence-corrected chi connectivity index (χ1v) is 4.41. The van der Waals surface area contributed by atoms with Crippen LogP contribution in [-0.4, -0.2) is 24.6 Å². The van der Waals surface area contributed by atoms with Crippen LogP contribution in [0.4, 0.5) is 0 Å². The van der Waals surface area contributed by atoms with Gasteiger partial charge >= 0.3 is 5.97 Å². The van der Waals surface area contributed by atoms with Crippen molar-refractivity contribution in [2.75, 3.05) is 13.7 Å². The maximum atomic E-state index is 11.1. The van der Waals surface area contributed by atoms with E-state index in [2.05, 4.69) is 9.72 Å². The standard InChI is InChI=1S/C10H14N2O2/c1-14-10(13)9-6-8(7-12-9)4-2-3-5-11/h2,4,6-7,12H,3,5,11H2,1H3. The maximum Gasteiger partial charge on any atom is 0.354 e.